The van der Waals surface area contributed by atoms with Gasteiger partial charge in [0.05, 0.1) is 11.3 Å². The van der Waals surface area contributed by atoms with Crippen LogP contribution >= 0.6 is 0 Å². The molecule has 1 N–H and O–H groups in total. The van der Waals surface area contributed by atoms with Crippen molar-refractivity contribution >= 4 is 21.8 Å². The van der Waals surface area contributed by atoms with Gasteiger partial charge < -0.3 is 10.0 Å². The molecular weight excluding hydrogens is 342 g/mol. The molecule has 1 fully saturated rings. The van der Waals surface area contributed by atoms with Crippen LogP contribution < -0.4 is 4.90 Å². The zero-order chi connectivity index (χ0) is 17.9. The van der Waals surface area contributed by atoms with Gasteiger partial charge in [-0.15, -0.1) is 0 Å². The van der Waals surface area contributed by atoms with Crippen LogP contribution in [-0.4, -0.2) is 55.0 Å². The molecule has 0 spiro atoms. The molecule has 1 aromatic carbocycles. The number of benzene rings is 1. The molecule has 0 unspecified atom stereocenters. The molecule has 7 nitrogen and oxygen atoms in total. The van der Waals surface area contributed by atoms with Gasteiger partial charge >= 0.3 is 5.97 Å². The summed E-state index contributed by atoms with van der Waals surface area (Å²) in [4.78, 5) is 17.6. The Balaban J connectivity index is 1.69. The normalized spacial score (nSPS) is 15.9. The van der Waals surface area contributed by atoms with E-state index in [-0.39, 0.29) is 11.3 Å². The van der Waals surface area contributed by atoms with E-state index in [1.54, 1.807) is 24.4 Å². The first kappa shape index (κ1) is 17.4. The summed E-state index contributed by atoms with van der Waals surface area (Å²) < 4.78 is 26.8. The van der Waals surface area contributed by atoms with Gasteiger partial charge in [0.2, 0.25) is 10.0 Å². The lowest BCUT2D eigenvalue weighted by molar-refractivity contribution is 0.0696. The summed E-state index contributed by atoms with van der Waals surface area (Å²) in [5, 5.41) is 9.21. The molecule has 8 heteroatoms. The van der Waals surface area contributed by atoms with E-state index in [0.29, 0.717) is 31.7 Å². The van der Waals surface area contributed by atoms with E-state index in [0.717, 1.165) is 5.82 Å². The van der Waals surface area contributed by atoms with Crippen molar-refractivity contribution in [2.45, 2.75) is 5.75 Å². The summed E-state index contributed by atoms with van der Waals surface area (Å²) in [5.41, 5.74) is 0.334. The van der Waals surface area contributed by atoms with Gasteiger partial charge in [-0.3, -0.25) is 0 Å². The SMILES string of the molecule is O=C(O)c1ccccc1CS(=O)(=O)N1CCN(c2ccccn2)CC1. The predicted octanol–water partition coefficient (Wildman–Crippen LogP) is 1.43. The second kappa shape index (κ2) is 7.20. The summed E-state index contributed by atoms with van der Waals surface area (Å²) >= 11 is 0. The molecule has 0 radical (unpaired) electrons. The number of rotatable bonds is 5. The Kier molecular flexibility index (Phi) is 5.00. The van der Waals surface area contributed by atoms with E-state index in [4.69, 9.17) is 0 Å². The Hall–Kier alpha value is -2.45. The number of nitrogens with zero attached hydrogens (tertiary/aromatic N) is 3. The molecule has 1 aliphatic heterocycles. The number of anilines is 1. The zero-order valence-electron chi connectivity index (χ0n) is 13.6. The maximum atomic E-state index is 12.7. The Morgan fingerprint density at radius 3 is 2.36 bits per heavy atom. The molecule has 0 aliphatic carbocycles. The van der Waals surface area contributed by atoms with Crippen LogP contribution in [0.3, 0.4) is 0 Å². The number of aromatic nitrogens is 1. The topological polar surface area (TPSA) is 90.8 Å². The Bertz CT molecular complexity index is 847. The minimum Gasteiger partial charge on any atom is -0.478 e. The summed E-state index contributed by atoms with van der Waals surface area (Å²) in [6, 6.07) is 11.8. The van der Waals surface area contributed by atoms with Crippen LogP contribution in [0, 0.1) is 0 Å². The highest BCUT2D eigenvalue weighted by Gasteiger charge is 2.28. The van der Waals surface area contributed by atoms with Crippen molar-refractivity contribution in [1.82, 2.24) is 9.29 Å². The first-order chi connectivity index (χ1) is 12.0. The third-order valence-electron chi connectivity index (χ3n) is 4.19. The van der Waals surface area contributed by atoms with E-state index in [1.807, 2.05) is 23.1 Å². The van der Waals surface area contributed by atoms with Crippen molar-refractivity contribution in [3.05, 3.63) is 59.8 Å². The number of pyridine rings is 1. The molecular formula is C17H19N3O4S. The summed E-state index contributed by atoms with van der Waals surface area (Å²) in [7, 11) is -3.58. The number of carbonyl (C=O) groups is 1. The molecule has 0 bridgehead atoms. The minimum atomic E-state index is -3.58. The lowest BCUT2D eigenvalue weighted by Crippen LogP contribution is -2.49. The third kappa shape index (κ3) is 3.97. The van der Waals surface area contributed by atoms with Gasteiger partial charge in [0, 0.05) is 32.4 Å². The predicted molar refractivity (Wildman–Crippen MR) is 94.0 cm³/mol. The molecule has 1 saturated heterocycles. The number of aromatic carboxylic acids is 1. The van der Waals surface area contributed by atoms with Crippen LogP contribution in [0.1, 0.15) is 15.9 Å². The Morgan fingerprint density at radius 2 is 1.72 bits per heavy atom. The van der Waals surface area contributed by atoms with Crippen LogP contribution in [0.5, 0.6) is 0 Å². The zero-order valence-corrected chi connectivity index (χ0v) is 14.4. The molecule has 2 heterocycles. The molecule has 2 aromatic rings. The summed E-state index contributed by atoms with van der Waals surface area (Å²) in [5.74, 6) is -0.597. The molecule has 0 saturated carbocycles. The van der Waals surface area contributed by atoms with Crippen LogP contribution in [0.25, 0.3) is 0 Å². The van der Waals surface area contributed by atoms with Gasteiger partial charge in [-0.2, -0.15) is 4.31 Å². The smallest absolute Gasteiger partial charge is 0.335 e. The van der Waals surface area contributed by atoms with E-state index >= 15 is 0 Å². The van der Waals surface area contributed by atoms with Crippen molar-refractivity contribution in [2.75, 3.05) is 31.1 Å². The molecule has 1 aromatic heterocycles. The largest absolute Gasteiger partial charge is 0.478 e. The fourth-order valence-corrected chi connectivity index (χ4v) is 4.43. The van der Waals surface area contributed by atoms with E-state index < -0.39 is 16.0 Å². The van der Waals surface area contributed by atoms with Crippen LogP contribution in [0.15, 0.2) is 48.7 Å². The van der Waals surface area contributed by atoms with Crippen molar-refractivity contribution in [2.24, 2.45) is 0 Å². The average Bonchev–Trinajstić information content (AvgIpc) is 2.62. The van der Waals surface area contributed by atoms with E-state index in [2.05, 4.69) is 4.98 Å². The van der Waals surface area contributed by atoms with Gasteiger partial charge in [-0.25, -0.2) is 18.2 Å². The van der Waals surface area contributed by atoms with E-state index in [1.165, 1.54) is 10.4 Å². The van der Waals surface area contributed by atoms with Crippen LogP contribution in [0.4, 0.5) is 5.82 Å². The van der Waals surface area contributed by atoms with Crippen molar-refractivity contribution in [3.8, 4) is 0 Å². The first-order valence-electron chi connectivity index (χ1n) is 7.92. The van der Waals surface area contributed by atoms with Gasteiger partial charge in [-0.05, 0) is 23.8 Å². The maximum absolute atomic E-state index is 12.7. The van der Waals surface area contributed by atoms with Crippen LogP contribution in [0.2, 0.25) is 0 Å². The highest BCUT2D eigenvalue weighted by atomic mass is 32.2. The molecule has 132 valence electrons. The Morgan fingerprint density at radius 1 is 1.04 bits per heavy atom. The monoisotopic (exact) mass is 361 g/mol. The van der Waals surface area contributed by atoms with Gasteiger partial charge in [0.15, 0.2) is 0 Å². The van der Waals surface area contributed by atoms with Crippen molar-refractivity contribution in [3.63, 3.8) is 0 Å². The third-order valence-corrected chi connectivity index (χ3v) is 6.02. The number of carboxylic acids is 1. The number of carboxylic acid groups (broad SMARTS) is 1. The molecule has 1 aliphatic rings. The van der Waals surface area contributed by atoms with Crippen molar-refractivity contribution in [1.29, 1.82) is 0 Å². The van der Waals surface area contributed by atoms with Gasteiger partial charge in [-0.1, -0.05) is 24.3 Å². The fraction of sp³-hybridized carbons (Fsp3) is 0.294. The molecule has 0 amide bonds. The average molecular weight is 361 g/mol. The van der Waals surface area contributed by atoms with Crippen molar-refractivity contribution < 1.29 is 18.3 Å². The number of hydrogen-bond donors (Lipinski definition) is 1. The first-order valence-corrected chi connectivity index (χ1v) is 9.53. The maximum Gasteiger partial charge on any atom is 0.335 e. The lowest BCUT2D eigenvalue weighted by Gasteiger charge is -2.34. The number of sulfonamides is 1. The highest BCUT2D eigenvalue weighted by molar-refractivity contribution is 7.88. The second-order valence-electron chi connectivity index (χ2n) is 5.79. The lowest BCUT2D eigenvalue weighted by atomic mass is 10.1. The minimum absolute atomic E-state index is 0.0261. The quantitative estimate of drug-likeness (QED) is 0.866. The second-order valence-corrected chi connectivity index (χ2v) is 7.76. The van der Waals surface area contributed by atoms with Gasteiger partial charge in [0.1, 0.15) is 5.82 Å². The van der Waals surface area contributed by atoms with Gasteiger partial charge in [0.25, 0.3) is 0 Å². The molecule has 25 heavy (non-hydrogen) atoms. The summed E-state index contributed by atoms with van der Waals surface area (Å²) in [6.45, 7) is 1.82. The highest BCUT2D eigenvalue weighted by Crippen LogP contribution is 2.19. The number of hydrogen-bond acceptors (Lipinski definition) is 5. The molecule has 3 rings (SSSR count). The summed E-state index contributed by atoms with van der Waals surface area (Å²) in [6.07, 6.45) is 1.71. The van der Waals surface area contributed by atoms with E-state index in [9.17, 15) is 18.3 Å². The standard InChI is InChI=1S/C17H19N3O4S/c21-17(22)15-6-2-1-5-14(15)13-25(23,24)20-11-9-19(10-12-20)16-7-3-4-8-18-16/h1-8H,9-13H2,(H,21,22). The Labute approximate surface area is 146 Å². The number of piperazine rings is 1. The molecule has 0 atom stereocenters. The fourth-order valence-electron chi connectivity index (χ4n) is 2.88. The van der Waals surface area contributed by atoms with Crippen LogP contribution in [-0.2, 0) is 15.8 Å².